The number of hydrogen-bond donors (Lipinski definition) is 1. The minimum Gasteiger partial charge on any atom is -0.445 e. The van der Waals surface area contributed by atoms with Crippen LogP contribution in [-0.4, -0.2) is 41.5 Å². The largest absolute Gasteiger partial charge is 0.445 e. The van der Waals surface area contributed by atoms with Crippen molar-refractivity contribution in [2.24, 2.45) is 0 Å². The van der Waals surface area contributed by atoms with Crippen LogP contribution in [0.5, 0.6) is 0 Å². The molecule has 1 heterocycles. The molecule has 104 valence electrons. The van der Waals surface area contributed by atoms with Crippen molar-refractivity contribution in [3.8, 4) is 0 Å². The molecule has 0 aromatic heterocycles. The predicted octanol–water partition coefficient (Wildman–Crippen LogP) is 2.12. The SMILES string of the molecule is O=C(OCc1ccccc1)N1CCCC(O)C(F)C1. The van der Waals surface area contributed by atoms with E-state index in [-0.39, 0.29) is 13.2 Å². The van der Waals surface area contributed by atoms with Gasteiger partial charge in [0.25, 0.3) is 0 Å². The second kappa shape index (κ2) is 6.52. The van der Waals surface area contributed by atoms with Crippen LogP contribution in [-0.2, 0) is 11.3 Å². The molecule has 1 aliphatic heterocycles. The number of aliphatic hydroxyl groups excluding tert-OH is 1. The zero-order valence-corrected chi connectivity index (χ0v) is 10.7. The van der Waals surface area contributed by atoms with E-state index in [1.165, 1.54) is 4.90 Å². The summed E-state index contributed by atoms with van der Waals surface area (Å²) in [5, 5.41) is 9.41. The van der Waals surface area contributed by atoms with Crippen molar-refractivity contribution in [3.63, 3.8) is 0 Å². The zero-order valence-electron chi connectivity index (χ0n) is 10.7. The summed E-state index contributed by atoms with van der Waals surface area (Å²) in [4.78, 5) is 13.2. The van der Waals surface area contributed by atoms with E-state index in [4.69, 9.17) is 4.74 Å². The van der Waals surface area contributed by atoms with Gasteiger partial charge in [-0.3, -0.25) is 0 Å². The number of hydrogen-bond acceptors (Lipinski definition) is 3. The summed E-state index contributed by atoms with van der Waals surface area (Å²) in [5.74, 6) is 0. The highest BCUT2D eigenvalue weighted by atomic mass is 19.1. The van der Waals surface area contributed by atoms with Crippen LogP contribution in [0.25, 0.3) is 0 Å². The van der Waals surface area contributed by atoms with Crippen LogP contribution in [0.2, 0.25) is 0 Å². The van der Waals surface area contributed by atoms with E-state index in [1.54, 1.807) is 0 Å². The first kappa shape index (κ1) is 13.8. The van der Waals surface area contributed by atoms with Crippen molar-refractivity contribution in [3.05, 3.63) is 35.9 Å². The molecule has 0 saturated carbocycles. The average molecular weight is 267 g/mol. The third-order valence-electron chi connectivity index (χ3n) is 3.20. The van der Waals surface area contributed by atoms with Crippen LogP contribution in [0.1, 0.15) is 18.4 Å². The second-order valence-electron chi connectivity index (χ2n) is 4.71. The molecule has 4 nitrogen and oxygen atoms in total. The molecule has 1 aromatic rings. The minimum absolute atomic E-state index is 0.102. The van der Waals surface area contributed by atoms with Crippen molar-refractivity contribution in [2.75, 3.05) is 13.1 Å². The first-order chi connectivity index (χ1) is 9.16. The predicted molar refractivity (Wildman–Crippen MR) is 68.3 cm³/mol. The van der Waals surface area contributed by atoms with Gasteiger partial charge in [-0.2, -0.15) is 0 Å². The highest BCUT2D eigenvalue weighted by Crippen LogP contribution is 2.15. The van der Waals surface area contributed by atoms with Crippen LogP contribution >= 0.6 is 0 Å². The van der Waals surface area contributed by atoms with Crippen molar-refractivity contribution >= 4 is 6.09 Å². The monoisotopic (exact) mass is 267 g/mol. The molecule has 2 rings (SSSR count). The Kier molecular flexibility index (Phi) is 4.74. The van der Waals surface area contributed by atoms with Crippen molar-refractivity contribution in [2.45, 2.75) is 31.7 Å². The Hall–Kier alpha value is -1.62. The first-order valence-corrected chi connectivity index (χ1v) is 6.44. The molecule has 0 spiro atoms. The van der Waals surface area contributed by atoms with Gasteiger partial charge in [-0.15, -0.1) is 0 Å². The molecule has 1 aromatic carbocycles. The third kappa shape index (κ3) is 3.92. The summed E-state index contributed by atoms with van der Waals surface area (Å²) in [7, 11) is 0. The molecule has 19 heavy (non-hydrogen) atoms. The number of amides is 1. The normalized spacial score (nSPS) is 23.8. The Bertz CT molecular complexity index is 412. The van der Waals surface area contributed by atoms with Gasteiger partial charge < -0.3 is 14.7 Å². The summed E-state index contributed by atoms with van der Waals surface area (Å²) in [6.45, 7) is 0.496. The second-order valence-corrected chi connectivity index (χ2v) is 4.71. The van der Waals surface area contributed by atoms with E-state index < -0.39 is 18.4 Å². The number of rotatable bonds is 2. The Morgan fingerprint density at radius 1 is 1.42 bits per heavy atom. The number of halogens is 1. The van der Waals surface area contributed by atoms with Gasteiger partial charge in [0.15, 0.2) is 0 Å². The molecule has 0 radical (unpaired) electrons. The number of nitrogens with zero attached hydrogens (tertiary/aromatic N) is 1. The lowest BCUT2D eigenvalue weighted by atomic mass is 10.1. The highest BCUT2D eigenvalue weighted by molar-refractivity contribution is 5.67. The molecular formula is C14H18FNO3. The molecule has 1 fully saturated rings. The smallest absolute Gasteiger partial charge is 0.410 e. The van der Waals surface area contributed by atoms with Gasteiger partial charge in [0, 0.05) is 6.54 Å². The number of carbonyl (C=O) groups is 1. The van der Waals surface area contributed by atoms with Gasteiger partial charge in [-0.05, 0) is 18.4 Å². The van der Waals surface area contributed by atoms with Crippen molar-refractivity contribution in [1.82, 2.24) is 4.90 Å². The topological polar surface area (TPSA) is 49.8 Å². The van der Waals surface area contributed by atoms with Gasteiger partial charge in [-0.1, -0.05) is 30.3 Å². The number of alkyl halides is 1. The third-order valence-corrected chi connectivity index (χ3v) is 3.20. The molecule has 5 heteroatoms. The number of benzene rings is 1. The van der Waals surface area contributed by atoms with Crippen LogP contribution < -0.4 is 0 Å². The van der Waals surface area contributed by atoms with Crippen LogP contribution in [0, 0.1) is 0 Å². The minimum atomic E-state index is -1.40. The lowest BCUT2D eigenvalue weighted by molar-refractivity contribution is 0.0556. The Labute approximate surface area is 111 Å². The van der Waals surface area contributed by atoms with E-state index in [9.17, 15) is 14.3 Å². The summed E-state index contributed by atoms with van der Waals surface area (Å²) in [6.07, 6.45) is -1.94. The Balaban J connectivity index is 1.85. The van der Waals surface area contributed by atoms with E-state index in [0.717, 1.165) is 5.56 Å². The fourth-order valence-corrected chi connectivity index (χ4v) is 2.07. The van der Waals surface area contributed by atoms with Gasteiger partial charge in [-0.25, -0.2) is 9.18 Å². The summed E-state index contributed by atoms with van der Waals surface area (Å²) >= 11 is 0. The number of ether oxygens (including phenoxy) is 1. The maximum absolute atomic E-state index is 13.5. The lowest BCUT2D eigenvalue weighted by Gasteiger charge is -2.21. The van der Waals surface area contributed by atoms with E-state index in [1.807, 2.05) is 30.3 Å². The molecule has 1 saturated heterocycles. The molecule has 2 atom stereocenters. The van der Waals surface area contributed by atoms with E-state index in [2.05, 4.69) is 0 Å². The fraction of sp³-hybridized carbons (Fsp3) is 0.500. The standard InChI is InChI=1S/C14H18FNO3/c15-12-9-16(8-4-7-13(12)17)14(18)19-10-11-5-2-1-3-6-11/h1-3,5-6,12-13,17H,4,7-10H2. The van der Waals surface area contributed by atoms with Crippen LogP contribution in [0.15, 0.2) is 30.3 Å². The maximum atomic E-state index is 13.5. The Morgan fingerprint density at radius 3 is 2.89 bits per heavy atom. The zero-order chi connectivity index (χ0) is 13.7. The molecule has 1 N–H and O–H groups in total. The van der Waals surface area contributed by atoms with Crippen LogP contribution in [0.4, 0.5) is 9.18 Å². The molecule has 2 unspecified atom stereocenters. The van der Waals surface area contributed by atoms with Gasteiger partial charge in [0.2, 0.25) is 0 Å². The molecule has 1 amide bonds. The van der Waals surface area contributed by atoms with E-state index >= 15 is 0 Å². The van der Waals surface area contributed by atoms with Gasteiger partial charge in [0.05, 0.1) is 12.6 Å². The van der Waals surface area contributed by atoms with E-state index in [0.29, 0.717) is 19.4 Å². The molecule has 0 bridgehead atoms. The lowest BCUT2D eigenvalue weighted by Crippen LogP contribution is -2.38. The average Bonchev–Trinajstić information content (AvgIpc) is 2.60. The quantitative estimate of drug-likeness (QED) is 0.893. The molecule has 1 aliphatic rings. The van der Waals surface area contributed by atoms with Crippen molar-refractivity contribution < 1.29 is 19.0 Å². The summed E-state index contributed by atoms with van der Waals surface area (Å²) in [5.41, 5.74) is 0.891. The van der Waals surface area contributed by atoms with Crippen LogP contribution in [0.3, 0.4) is 0 Å². The Morgan fingerprint density at radius 2 is 2.16 bits per heavy atom. The van der Waals surface area contributed by atoms with Gasteiger partial charge >= 0.3 is 6.09 Å². The van der Waals surface area contributed by atoms with Gasteiger partial charge in [0.1, 0.15) is 12.8 Å². The maximum Gasteiger partial charge on any atom is 0.410 e. The molecule has 0 aliphatic carbocycles. The summed E-state index contributed by atoms with van der Waals surface area (Å²) in [6, 6.07) is 9.33. The first-order valence-electron chi connectivity index (χ1n) is 6.44. The highest BCUT2D eigenvalue weighted by Gasteiger charge is 2.28. The molecular weight excluding hydrogens is 249 g/mol. The summed E-state index contributed by atoms with van der Waals surface area (Å²) < 4.78 is 18.7. The number of aliphatic hydroxyl groups is 1. The fourth-order valence-electron chi connectivity index (χ4n) is 2.07. The van der Waals surface area contributed by atoms with Crippen molar-refractivity contribution in [1.29, 1.82) is 0 Å². The number of likely N-dealkylation sites (tertiary alicyclic amines) is 1. The number of carbonyl (C=O) groups excluding carboxylic acids is 1.